The van der Waals surface area contributed by atoms with Gasteiger partial charge < -0.3 is 25.6 Å². The van der Waals surface area contributed by atoms with Crippen molar-refractivity contribution in [2.45, 2.75) is 26.4 Å². The van der Waals surface area contributed by atoms with Crippen LogP contribution in [0.15, 0.2) is 54.6 Å². The number of carbonyl (C=O) groups is 3. The summed E-state index contributed by atoms with van der Waals surface area (Å²) in [6.07, 6.45) is -0.342. The third kappa shape index (κ3) is 6.01. The number of anilines is 2. The fourth-order valence-electron chi connectivity index (χ4n) is 3.75. The van der Waals surface area contributed by atoms with Crippen LogP contribution in [0.2, 0.25) is 0 Å². The lowest BCUT2D eigenvalue weighted by Gasteiger charge is -2.35. The van der Waals surface area contributed by atoms with Crippen LogP contribution in [0.3, 0.4) is 0 Å². The van der Waals surface area contributed by atoms with E-state index in [0.717, 1.165) is 0 Å². The van der Waals surface area contributed by atoms with Crippen molar-refractivity contribution in [2.75, 3.05) is 36.4 Å². The number of rotatable bonds is 5. The van der Waals surface area contributed by atoms with Gasteiger partial charge in [-0.1, -0.05) is 41.7 Å². The van der Waals surface area contributed by atoms with Gasteiger partial charge in [-0.25, -0.2) is 9.78 Å². The largest absolute Gasteiger partial charge is 0.444 e. The van der Waals surface area contributed by atoms with Crippen molar-refractivity contribution in [3.8, 4) is 11.3 Å². The molecule has 0 spiro atoms. The summed E-state index contributed by atoms with van der Waals surface area (Å²) >= 11 is 1.21. The van der Waals surface area contributed by atoms with Crippen molar-refractivity contribution < 1.29 is 19.1 Å². The Hall–Kier alpha value is -3.92. The maximum atomic E-state index is 12.8. The normalized spacial score (nSPS) is 13.9. The number of nitrogens with zero attached hydrogens (tertiary/aromatic N) is 3. The minimum atomic E-state index is -0.583. The molecule has 0 bridgehead atoms. The van der Waals surface area contributed by atoms with Crippen molar-refractivity contribution in [3.05, 3.63) is 65.0 Å². The highest BCUT2D eigenvalue weighted by Crippen LogP contribution is 2.34. The Labute approximate surface area is 213 Å². The molecule has 1 aliphatic heterocycles. The van der Waals surface area contributed by atoms with E-state index in [0.29, 0.717) is 58.7 Å². The van der Waals surface area contributed by atoms with Crippen molar-refractivity contribution in [2.24, 2.45) is 5.73 Å². The highest BCUT2D eigenvalue weighted by atomic mass is 32.1. The molecule has 3 amide bonds. The molecule has 3 aromatic rings. The summed E-state index contributed by atoms with van der Waals surface area (Å²) in [5.41, 5.74) is 7.31. The smallest absolute Gasteiger partial charge is 0.410 e. The van der Waals surface area contributed by atoms with Crippen LogP contribution < -0.4 is 16.0 Å². The van der Waals surface area contributed by atoms with Crippen LogP contribution in [0.4, 0.5) is 15.6 Å². The van der Waals surface area contributed by atoms with Crippen LogP contribution in [-0.4, -0.2) is 59.6 Å². The quantitative estimate of drug-likeness (QED) is 0.534. The van der Waals surface area contributed by atoms with Gasteiger partial charge in [-0.2, -0.15) is 0 Å². The Balaban J connectivity index is 1.52. The molecule has 2 heterocycles. The van der Waals surface area contributed by atoms with E-state index >= 15 is 0 Å². The molecule has 36 heavy (non-hydrogen) atoms. The van der Waals surface area contributed by atoms with Gasteiger partial charge in [0.2, 0.25) is 0 Å². The van der Waals surface area contributed by atoms with Crippen LogP contribution in [0.5, 0.6) is 0 Å². The molecule has 0 atom stereocenters. The number of nitrogens with one attached hydrogen (secondary N) is 1. The molecule has 188 valence electrons. The molecule has 0 radical (unpaired) electrons. The van der Waals surface area contributed by atoms with E-state index in [1.54, 1.807) is 29.2 Å². The van der Waals surface area contributed by atoms with Gasteiger partial charge in [-0.3, -0.25) is 9.59 Å². The van der Waals surface area contributed by atoms with Crippen molar-refractivity contribution in [3.63, 3.8) is 0 Å². The third-order valence-electron chi connectivity index (χ3n) is 5.47. The molecule has 10 heteroatoms. The molecule has 2 aromatic carbocycles. The monoisotopic (exact) mass is 507 g/mol. The predicted octanol–water partition coefficient (Wildman–Crippen LogP) is 4.22. The van der Waals surface area contributed by atoms with Crippen LogP contribution in [0.1, 0.15) is 40.8 Å². The summed E-state index contributed by atoms with van der Waals surface area (Å²) in [6, 6.07) is 16.1. The van der Waals surface area contributed by atoms with E-state index in [2.05, 4.69) is 5.32 Å². The first kappa shape index (κ1) is 25.2. The zero-order valence-electron chi connectivity index (χ0n) is 20.5. The molecule has 1 aliphatic rings. The number of para-hydroxylation sites is 1. The zero-order chi connectivity index (χ0) is 25.9. The summed E-state index contributed by atoms with van der Waals surface area (Å²) in [5, 5.41) is 3.50. The number of amides is 3. The molecule has 1 fully saturated rings. The SMILES string of the molecule is CC(C)(C)OC(=O)N1CCN(c2nc(-c3cccc(C(=O)Nc4ccccc4)c3)c(C(N)=O)s2)CC1. The van der Waals surface area contributed by atoms with Gasteiger partial charge in [0.15, 0.2) is 5.13 Å². The lowest BCUT2D eigenvalue weighted by atomic mass is 10.1. The molecule has 0 aliphatic carbocycles. The second-order valence-electron chi connectivity index (χ2n) is 9.39. The summed E-state index contributed by atoms with van der Waals surface area (Å²) in [6.45, 7) is 7.56. The average molecular weight is 508 g/mol. The Bertz CT molecular complexity index is 1260. The zero-order valence-corrected chi connectivity index (χ0v) is 21.3. The molecule has 4 rings (SSSR count). The number of ether oxygens (including phenoxy) is 1. The van der Waals surface area contributed by atoms with Crippen molar-refractivity contribution >= 4 is 40.1 Å². The minimum Gasteiger partial charge on any atom is -0.444 e. The number of carbonyl (C=O) groups excluding carboxylic acids is 3. The number of benzene rings is 2. The molecule has 3 N–H and O–H groups in total. The Morgan fingerprint density at radius 1 is 1.00 bits per heavy atom. The average Bonchev–Trinajstić information content (AvgIpc) is 3.30. The van der Waals surface area contributed by atoms with Gasteiger partial charge in [-0.05, 0) is 45.0 Å². The molecule has 0 unspecified atom stereocenters. The number of aromatic nitrogens is 1. The Kier molecular flexibility index (Phi) is 7.25. The molecular formula is C26H29N5O4S. The van der Waals surface area contributed by atoms with Crippen LogP contribution >= 0.6 is 11.3 Å². The fraction of sp³-hybridized carbons (Fsp3) is 0.308. The lowest BCUT2D eigenvalue weighted by molar-refractivity contribution is 0.0240. The van der Waals surface area contributed by atoms with E-state index in [1.165, 1.54) is 11.3 Å². The molecular weight excluding hydrogens is 478 g/mol. The fourth-order valence-corrected chi connectivity index (χ4v) is 4.74. The predicted molar refractivity (Wildman–Crippen MR) is 140 cm³/mol. The summed E-state index contributed by atoms with van der Waals surface area (Å²) in [4.78, 5) is 46.1. The minimum absolute atomic E-state index is 0.266. The van der Waals surface area contributed by atoms with Crippen LogP contribution in [0.25, 0.3) is 11.3 Å². The first-order chi connectivity index (χ1) is 17.1. The number of hydrogen-bond acceptors (Lipinski definition) is 7. The number of nitrogens with two attached hydrogens (primary N) is 1. The summed E-state index contributed by atoms with van der Waals surface area (Å²) < 4.78 is 5.46. The number of thiazole rings is 1. The van der Waals surface area contributed by atoms with Crippen LogP contribution in [0, 0.1) is 0 Å². The van der Waals surface area contributed by atoms with E-state index in [4.69, 9.17) is 15.5 Å². The highest BCUT2D eigenvalue weighted by molar-refractivity contribution is 7.18. The summed E-state index contributed by atoms with van der Waals surface area (Å²) in [7, 11) is 0. The topological polar surface area (TPSA) is 118 Å². The number of primary amides is 1. The van der Waals surface area contributed by atoms with Crippen molar-refractivity contribution in [1.82, 2.24) is 9.88 Å². The molecule has 0 saturated carbocycles. The maximum Gasteiger partial charge on any atom is 0.410 e. The molecule has 1 saturated heterocycles. The van der Waals surface area contributed by atoms with Crippen LogP contribution in [-0.2, 0) is 4.74 Å². The first-order valence-electron chi connectivity index (χ1n) is 11.6. The van der Waals surface area contributed by atoms with Gasteiger partial charge in [0.25, 0.3) is 11.8 Å². The van der Waals surface area contributed by atoms with Gasteiger partial charge in [0, 0.05) is 43.0 Å². The Morgan fingerprint density at radius 2 is 1.69 bits per heavy atom. The number of hydrogen-bond donors (Lipinski definition) is 2. The lowest BCUT2D eigenvalue weighted by Crippen LogP contribution is -2.50. The van der Waals surface area contributed by atoms with Gasteiger partial charge in [-0.15, -0.1) is 0 Å². The molecule has 1 aromatic heterocycles. The standard InChI is InChI=1S/C26H29N5O4S/c1-26(2,3)35-25(34)31-14-12-30(13-15-31)24-29-20(21(36-24)22(27)32)17-8-7-9-18(16-17)23(33)28-19-10-5-4-6-11-19/h4-11,16H,12-15H2,1-3H3,(H2,27,32)(H,28,33). The molecule has 9 nitrogen and oxygen atoms in total. The maximum absolute atomic E-state index is 12.8. The van der Waals surface area contributed by atoms with Gasteiger partial charge in [0.1, 0.15) is 10.5 Å². The van der Waals surface area contributed by atoms with E-state index in [-0.39, 0.29) is 12.0 Å². The van der Waals surface area contributed by atoms with Gasteiger partial charge in [0.05, 0.1) is 5.69 Å². The van der Waals surface area contributed by atoms with E-state index in [1.807, 2.05) is 56.0 Å². The number of piperazine rings is 1. The van der Waals surface area contributed by atoms with E-state index in [9.17, 15) is 14.4 Å². The highest BCUT2D eigenvalue weighted by Gasteiger charge is 2.28. The summed E-state index contributed by atoms with van der Waals surface area (Å²) in [5.74, 6) is -0.849. The first-order valence-corrected chi connectivity index (χ1v) is 12.4. The van der Waals surface area contributed by atoms with Crippen molar-refractivity contribution in [1.29, 1.82) is 0 Å². The third-order valence-corrected chi connectivity index (χ3v) is 6.60. The van der Waals surface area contributed by atoms with E-state index < -0.39 is 11.5 Å². The van der Waals surface area contributed by atoms with Gasteiger partial charge >= 0.3 is 6.09 Å². The Morgan fingerprint density at radius 3 is 2.33 bits per heavy atom. The second-order valence-corrected chi connectivity index (χ2v) is 10.4. The second kappa shape index (κ2) is 10.4.